The number of hydrogen-bond donors (Lipinski definition) is 0. The summed E-state index contributed by atoms with van der Waals surface area (Å²) >= 11 is 0. The van der Waals surface area contributed by atoms with E-state index < -0.39 is 11.7 Å². The van der Waals surface area contributed by atoms with Crippen LogP contribution in [0.1, 0.15) is 25.0 Å². The summed E-state index contributed by atoms with van der Waals surface area (Å²) in [5.74, 6) is -0.361. The van der Waals surface area contributed by atoms with E-state index in [1.807, 2.05) is 74.5 Å². The number of imide groups is 1. The summed E-state index contributed by atoms with van der Waals surface area (Å²) in [5, 5.41) is 0. The van der Waals surface area contributed by atoms with Crippen LogP contribution in [0.4, 0.5) is 4.79 Å². The topological polar surface area (TPSA) is 46.6 Å². The van der Waals surface area contributed by atoms with Gasteiger partial charge in [0.2, 0.25) is 0 Å². The fraction of sp³-hybridized carbons (Fsp3) is 0.238. The van der Waals surface area contributed by atoms with Gasteiger partial charge in [-0.3, -0.25) is 4.79 Å². The van der Waals surface area contributed by atoms with Crippen molar-refractivity contribution in [2.24, 2.45) is 0 Å². The highest BCUT2D eigenvalue weighted by molar-refractivity contribution is 6.02. The zero-order chi connectivity index (χ0) is 17.9. The van der Waals surface area contributed by atoms with Crippen molar-refractivity contribution in [3.63, 3.8) is 0 Å². The molecule has 4 nitrogen and oxygen atoms in total. The van der Waals surface area contributed by atoms with Crippen molar-refractivity contribution in [1.29, 1.82) is 0 Å². The predicted molar refractivity (Wildman–Crippen MR) is 96.8 cm³/mol. The second-order valence-corrected chi connectivity index (χ2v) is 6.63. The summed E-state index contributed by atoms with van der Waals surface area (Å²) in [7, 11) is 0. The Balaban J connectivity index is 1.82. The molecule has 0 bridgehead atoms. The molecule has 1 heterocycles. The number of carbonyl (C=O) groups is 2. The van der Waals surface area contributed by atoms with Gasteiger partial charge in [0.05, 0.1) is 6.04 Å². The Bertz CT molecular complexity index is 781. The Hall–Kier alpha value is -2.88. The first kappa shape index (κ1) is 17.0. The van der Waals surface area contributed by atoms with Gasteiger partial charge < -0.3 is 4.74 Å². The number of cyclic esters (lactones) is 1. The van der Waals surface area contributed by atoms with Crippen LogP contribution >= 0.6 is 0 Å². The third kappa shape index (κ3) is 3.79. The first-order valence-electron chi connectivity index (χ1n) is 8.30. The van der Waals surface area contributed by atoms with Crippen molar-refractivity contribution in [1.82, 2.24) is 4.90 Å². The molecule has 1 fully saturated rings. The smallest absolute Gasteiger partial charge is 0.417 e. The lowest BCUT2D eigenvalue weighted by Crippen LogP contribution is -2.45. The average molecular weight is 335 g/mol. The monoisotopic (exact) mass is 335 g/mol. The molecule has 3 rings (SSSR count). The van der Waals surface area contributed by atoms with E-state index in [1.165, 1.54) is 11.0 Å². The van der Waals surface area contributed by atoms with Crippen molar-refractivity contribution in [2.45, 2.75) is 31.9 Å². The molecule has 0 saturated carbocycles. The van der Waals surface area contributed by atoms with Gasteiger partial charge in [0.25, 0.3) is 5.91 Å². The summed E-state index contributed by atoms with van der Waals surface area (Å²) in [5.41, 5.74) is 1.23. The third-order valence-corrected chi connectivity index (χ3v) is 4.39. The standard InChI is InChI=1S/C21H21NO3/c1-21(2)18(15-17-11-7-4-8-12-17)22(20(24)25-21)19(23)14-13-16-9-5-3-6-10-16/h3-14,18H,15H2,1-2H3/b14-13+/t18-/m0/s1. The van der Waals surface area contributed by atoms with E-state index in [4.69, 9.17) is 4.74 Å². The lowest BCUT2D eigenvalue weighted by Gasteiger charge is -2.27. The molecule has 4 heteroatoms. The van der Waals surface area contributed by atoms with Crippen LogP contribution in [-0.4, -0.2) is 28.5 Å². The summed E-state index contributed by atoms with van der Waals surface area (Å²) in [6, 6.07) is 19.0. The molecule has 128 valence electrons. The molecule has 2 aromatic rings. The minimum atomic E-state index is -0.733. The van der Waals surface area contributed by atoms with Gasteiger partial charge >= 0.3 is 6.09 Å². The number of nitrogens with zero attached hydrogens (tertiary/aromatic N) is 1. The number of benzene rings is 2. The zero-order valence-electron chi connectivity index (χ0n) is 14.4. The van der Waals surface area contributed by atoms with Gasteiger partial charge in [-0.15, -0.1) is 0 Å². The van der Waals surface area contributed by atoms with Crippen LogP contribution in [0.15, 0.2) is 66.7 Å². The molecule has 0 radical (unpaired) electrons. The molecule has 0 unspecified atom stereocenters. The van der Waals surface area contributed by atoms with Gasteiger partial charge in [-0.05, 0) is 37.5 Å². The number of ether oxygens (including phenoxy) is 1. The molecular formula is C21H21NO3. The predicted octanol–water partition coefficient (Wildman–Crippen LogP) is 4.07. The molecule has 0 spiro atoms. The van der Waals surface area contributed by atoms with Gasteiger partial charge in [-0.1, -0.05) is 60.7 Å². The van der Waals surface area contributed by atoms with Crippen LogP contribution in [0.5, 0.6) is 0 Å². The first-order chi connectivity index (χ1) is 12.0. The molecule has 1 saturated heterocycles. The van der Waals surface area contributed by atoms with Crippen LogP contribution in [0.3, 0.4) is 0 Å². The summed E-state index contributed by atoms with van der Waals surface area (Å²) in [6.07, 6.45) is 3.11. The van der Waals surface area contributed by atoms with E-state index in [1.54, 1.807) is 6.08 Å². The number of hydrogen-bond acceptors (Lipinski definition) is 3. The number of rotatable bonds is 4. The fourth-order valence-corrected chi connectivity index (χ4v) is 3.01. The van der Waals surface area contributed by atoms with Gasteiger partial charge in [-0.2, -0.15) is 0 Å². The molecular weight excluding hydrogens is 314 g/mol. The Morgan fingerprint density at radius 1 is 1.08 bits per heavy atom. The van der Waals surface area contributed by atoms with Crippen molar-refractivity contribution < 1.29 is 14.3 Å². The molecule has 2 amide bonds. The number of carbonyl (C=O) groups excluding carboxylic acids is 2. The van der Waals surface area contributed by atoms with Crippen LogP contribution < -0.4 is 0 Å². The molecule has 1 aliphatic rings. The highest BCUT2D eigenvalue weighted by Gasteiger charge is 2.49. The third-order valence-electron chi connectivity index (χ3n) is 4.39. The van der Waals surface area contributed by atoms with Crippen molar-refractivity contribution in [3.8, 4) is 0 Å². The highest BCUT2D eigenvalue weighted by Crippen LogP contribution is 2.32. The molecule has 1 atom stereocenters. The maximum absolute atomic E-state index is 12.7. The molecule has 0 aromatic heterocycles. The van der Waals surface area contributed by atoms with Gasteiger partial charge in [-0.25, -0.2) is 9.69 Å². The lowest BCUT2D eigenvalue weighted by molar-refractivity contribution is -0.124. The van der Waals surface area contributed by atoms with E-state index in [0.29, 0.717) is 6.42 Å². The minimum Gasteiger partial charge on any atom is -0.441 e. The van der Waals surface area contributed by atoms with Crippen molar-refractivity contribution in [3.05, 3.63) is 77.9 Å². The highest BCUT2D eigenvalue weighted by atomic mass is 16.6. The second kappa shape index (κ2) is 6.93. The maximum Gasteiger partial charge on any atom is 0.417 e. The summed E-state index contributed by atoms with van der Waals surface area (Å²) < 4.78 is 5.45. The summed E-state index contributed by atoms with van der Waals surface area (Å²) in [4.78, 5) is 26.2. The molecule has 0 aliphatic carbocycles. The van der Waals surface area contributed by atoms with Gasteiger partial charge in [0, 0.05) is 6.08 Å². The molecule has 0 N–H and O–H groups in total. The van der Waals surface area contributed by atoms with Crippen LogP contribution in [0.2, 0.25) is 0 Å². The van der Waals surface area contributed by atoms with Gasteiger partial charge in [0.1, 0.15) is 5.60 Å². The quantitative estimate of drug-likeness (QED) is 0.791. The van der Waals surface area contributed by atoms with Crippen LogP contribution in [0.25, 0.3) is 6.08 Å². The van der Waals surface area contributed by atoms with E-state index in [9.17, 15) is 9.59 Å². The van der Waals surface area contributed by atoms with Gasteiger partial charge in [0.15, 0.2) is 0 Å². The van der Waals surface area contributed by atoms with Crippen molar-refractivity contribution in [2.75, 3.05) is 0 Å². The maximum atomic E-state index is 12.7. The Labute approximate surface area is 147 Å². The minimum absolute atomic E-state index is 0.352. The largest absolute Gasteiger partial charge is 0.441 e. The van der Waals surface area contributed by atoms with Crippen LogP contribution in [0, 0.1) is 0 Å². The van der Waals surface area contributed by atoms with Crippen molar-refractivity contribution >= 4 is 18.1 Å². The Kier molecular flexibility index (Phi) is 4.70. The lowest BCUT2D eigenvalue weighted by atomic mass is 9.92. The second-order valence-electron chi connectivity index (χ2n) is 6.63. The van der Waals surface area contributed by atoms with Crippen LogP contribution in [-0.2, 0) is 16.0 Å². The van der Waals surface area contributed by atoms with E-state index >= 15 is 0 Å². The molecule has 1 aliphatic heterocycles. The van der Waals surface area contributed by atoms with E-state index in [-0.39, 0.29) is 11.9 Å². The SMILES string of the molecule is CC1(C)OC(=O)N(C(=O)/C=C/c2ccccc2)[C@H]1Cc1ccccc1. The molecule has 25 heavy (non-hydrogen) atoms. The summed E-state index contributed by atoms with van der Waals surface area (Å²) in [6.45, 7) is 3.68. The van der Waals surface area contributed by atoms with E-state index in [0.717, 1.165) is 11.1 Å². The first-order valence-corrected chi connectivity index (χ1v) is 8.30. The normalized spacial score (nSPS) is 19.2. The molecule has 2 aromatic carbocycles. The fourth-order valence-electron chi connectivity index (χ4n) is 3.01. The Morgan fingerprint density at radius 3 is 2.32 bits per heavy atom. The number of amides is 2. The van der Waals surface area contributed by atoms with E-state index in [2.05, 4.69) is 0 Å². The average Bonchev–Trinajstić information content (AvgIpc) is 2.83. The Morgan fingerprint density at radius 2 is 1.68 bits per heavy atom. The zero-order valence-corrected chi connectivity index (χ0v) is 14.4.